The van der Waals surface area contributed by atoms with E-state index in [1.54, 1.807) is 18.2 Å². The first-order chi connectivity index (χ1) is 8.63. The highest BCUT2D eigenvalue weighted by Gasteiger charge is 2.24. The molecule has 3 heteroatoms. The molecule has 0 unspecified atom stereocenters. The summed E-state index contributed by atoms with van der Waals surface area (Å²) in [4.78, 5) is 11.7. The van der Waals surface area contributed by atoms with E-state index in [9.17, 15) is 9.18 Å². The van der Waals surface area contributed by atoms with Crippen molar-refractivity contribution in [3.05, 3.63) is 40.7 Å². The predicted molar refractivity (Wildman–Crippen MR) is 68.6 cm³/mol. The molecule has 1 N–H and O–H groups in total. The summed E-state index contributed by atoms with van der Waals surface area (Å²) in [5.41, 5.74) is 4.04. The van der Waals surface area contributed by atoms with Crippen LogP contribution in [0.5, 0.6) is 0 Å². The molecule has 0 aromatic heterocycles. The molecule has 0 aliphatic heterocycles. The number of halogens is 1. The van der Waals surface area contributed by atoms with E-state index >= 15 is 0 Å². The number of hydrogen-bond acceptors (Lipinski definition) is 1. The second kappa shape index (κ2) is 4.23. The van der Waals surface area contributed by atoms with Gasteiger partial charge in [0.15, 0.2) is 0 Å². The summed E-state index contributed by atoms with van der Waals surface area (Å²) in [5.74, 6) is -0.260. The lowest BCUT2D eigenvalue weighted by molar-refractivity contribution is -0.116. The van der Waals surface area contributed by atoms with Crippen LogP contribution in [0.4, 0.5) is 4.39 Å². The van der Waals surface area contributed by atoms with Gasteiger partial charge in [0.1, 0.15) is 5.82 Å². The van der Waals surface area contributed by atoms with Crippen LogP contribution in [0.3, 0.4) is 0 Å². The van der Waals surface area contributed by atoms with Gasteiger partial charge in [0, 0.05) is 12.1 Å². The molecule has 1 aromatic rings. The van der Waals surface area contributed by atoms with E-state index < -0.39 is 0 Å². The van der Waals surface area contributed by atoms with E-state index in [4.69, 9.17) is 0 Å². The van der Waals surface area contributed by atoms with Crippen molar-refractivity contribution in [2.24, 2.45) is 0 Å². The Morgan fingerprint density at radius 3 is 2.89 bits per heavy atom. The smallest absolute Gasteiger partial charge is 0.244 e. The fourth-order valence-corrected chi connectivity index (χ4v) is 2.56. The fraction of sp³-hybridized carbons (Fsp3) is 0.400. The highest BCUT2D eigenvalue weighted by atomic mass is 19.1. The highest BCUT2D eigenvalue weighted by molar-refractivity contribution is 5.96. The molecule has 1 saturated carbocycles. The maximum absolute atomic E-state index is 13.4. The van der Waals surface area contributed by atoms with E-state index in [0.717, 1.165) is 42.4 Å². The molecule has 1 amide bonds. The molecule has 94 valence electrons. The summed E-state index contributed by atoms with van der Waals surface area (Å²) in [6.45, 7) is 1.93. The fourth-order valence-electron chi connectivity index (χ4n) is 2.56. The molecule has 0 bridgehead atoms. The molecule has 0 heterocycles. The third kappa shape index (κ3) is 2.17. The van der Waals surface area contributed by atoms with Crippen LogP contribution in [0.15, 0.2) is 18.2 Å². The first-order valence-electron chi connectivity index (χ1n) is 6.44. The number of amides is 1. The standard InChI is InChI=1S/C15H16FNO/c1-9-6-11(16)8-14-10(2-5-13(9)14)7-15(18)17-12-3-4-12/h6-8,12H,2-5H2,1H3,(H,17,18)/b10-7+. The number of carbonyl (C=O) groups is 1. The molecule has 18 heavy (non-hydrogen) atoms. The molecule has 3 rings (SSSR count). The molecule has 0 spiro atoms. The van der Waals surface area contributed by atoms with Gasteiger partial charge in [-0.1, -0.05) is 0 Å². The average molecular weight is 245 g/mol. The summed E-state index contributed by atoms with van der Waals surface area (Å²) in [6, 6.07) is 3.47. The number of fused-ring (bicyclic) bond motifs is 1. The van der Waals surface area contributed by atoms with Crippen LogP contribution in [0.2, 0.25) is 0 Å². The van der Waals surface area contributed by atoms with Gasteiger partial charge in [-0.05, 0) is 67.0 Å². The second-order valence-corrected chi connectivity index (χ2v) is 5.20. The Balaban J connectivity index is 1.88. The first kappa shape index (κ1) is 11.5. The van der Waals surface area contributed by atoms with Crippen molar-refractivity contribution in [1.82, 2.24) is 5.32 Å². The monoisotopic (exact) mass is 245 g/mol. The topological polar surface area (TPSA) is 29.1 Å². The van der Waals surface area contributed by atoms with Gasteiger partial charge >= 0.3 is 0 Å². The summed E-state index contributed by atoms with van der Waals surface area (Å²) in [7, 11) is 0. The summed E-state index contributed by atoms with van der Waals surface area (Å²) < 4.78 is 13.4. The zero-order chi connectivity index (χ0) is 12.7. The van der Waals surface area contributed by atoms with Gasteiger partial charge in [-0.2, -0.15) is 0 Å². The Hall–Kier alpha value is -1.64. The maximum atomic E-state index is 13.4. The van der Waals surface area contributed by atoms with Crippen molar-refractivity contribution in [2.45, 2.75) is 38.6 Å². The van der Waals surface area contributed by atoms with Gasteiger partial charge in [0.25, 0.3) is 0 Å². The Morgan fingerprint density at radius 1 is 1.39 bits per heavy atom. The molecule has 0 radical (unpaired) electrons. The second-order valence-electron chi connectivity index (χ2n) is 5.20. The van der Waals surface area contributed by atoms with Crippen molar-refractivity contribution in [1.29, 1.82) is 0 Å². The van der Waals surface area contributed by atoms with E-state index in [0.29, 0.717) is 6.04 Å². The number of carbonyl (C=O) groups excluding carboxylic acids is 1. The van der Waals surface area contributed by atoms with Crippen LogP contribution in [0.25, 0.3) is 5.57 Å². The summed E-state index contributed by atoms with van der Waals surface area (Å²) in [5, 5.41) is 2.93. The van der Waals surface area contributed by atoms with Gasteiger partial charge in [-0.15, -0.1) is 0 Å². The zero-order valence-electron chi connectivity index (χ0n) is 10.4. The largest absolute Gasteiger partial charge is 0.350 e. The van der Waals surface area contributed by atoms with Gasteiger partial charge in [-0.25, -0.2) is 4.39 Å². The van der Waals surface area contributed by atoms with Crippen molar-refractivity contribution in [3.63, 3.8) is 0 Å². The Kier molecular flexibility index (Phi) is 2.69. The van der Waals surface area contributed by atoms with Crippen LogP contribution < -0.4 is 5.32 Å². The third-order valence-corrected chi connectivity index (χ3v) is 3.66. The Morgan fingerprint density at radius 2 is 2.17 bits per heavy atom. The van der Waals surface area contributed by atoms with E-state index in [2.05, 4.69) is 5.32 Å². The zero-order valence-corrected chi connectivity index (χ0v) is 10.4. The lowest BCUT2D eigenvalue weighted by Crippen LogP contribution is -2.23. The minimum Gasteiger partial charge on any atom is -0.350 e. The van der Waals surface area contributed by atoms with Gasteiger partial charge in [0.05, 0.1) is 0 Å². The first-order valence-corrected chi connectivity index (χ1v) is 6.44. The molecular formula is C15H16FNO. The maximum Gasteiger partial charge on any atom is 0.244 e. The Labute approximate surface area is 106 Å². The van der Waals surface area contributed by atoms with Crippen molar-refractivity contribution >= 4 is 11.5 Å². The van der Waals surface area contributed by atoms with Crippen molar-refractivity contribution < 1.29 is 9.18 Å². The van der Waals surface area contributed by atoms with Crippen molar-refractivity contribution in [3.8, 4) is 0 Å². The number of aryl methyl sites for hydroxylation is 1. The summed E-state index contributed by atoms with van der Waals surface area (Å²) in [6.07, 6.45) is 5.54. The van der Waals surface area contributed by atoms with Gasteiger partial charge in [-0.3, -0.25) is 4.79 Å². The molecule has 0 saturated heterocycles. The van der Waals surface area contributed by atoms with E-state index in [1.807, 2.05) is 6.92 Å². The minimum absolute atomic E-state index is 0.0396. The van der Waals surface area contributed by atoms with E-state index in [-0.39, 0.29) is 11.7 Å². The minimum atomic E-state index is -0.221. The van der Waals surface area contributed by atoms with Crippen LogP contribution in [-0.2, 0) is 11.2 Å². The Bertz CT molecular complexity index is 544. The highest BCUT2D eigenvalue weighted by Crippen LogP contribution is 2.34. The number of rotatable bonds is 2. The predicted octanol–water partition coefficient (Wildman–Crippen LogP) is 2.74. The number of hydrogen-bond donors (Lipinski definition) is 1. The molecule has 1 fully saturated rings. The van der Waals surface area contributed by atoms with Crippen LogP contribution in [-0.4, -0.2) is 11.9 Å². The van der Waals surface area contributed by atoms with Crippen molar-refractivity contribution in [2.75, 3.05) is 0 Å². The third-order valence-electron chi connectivity index (χ3n) is 3.66. The van der Waals surface area contributed by atoms with Crippen LogP contribution in [0.1, 0.15) is 36.0 Å². The normalized spacial score (nSPS) is 20.0. The lowest BCUT2D eigenvalue weighted by Gasteiger charge is -2.05. The van der Waals surface area contributed by atoms with Crippen LogP contribution in [0, 0.1) is 12.7 Å². The SMILES string of the molecule is Cc1cc(F)cc2c1CC/C2=C\C(=O)NC1CC1. The number of nitrogens with one attached hydrogen (secondary N) is 1. The molecule has 1 aromatic carbocycles. The average Bonchev–Trinajstić information content (AvgIpc) is 3.01. The molecular weight excluding hydrogens is 229 g/mol. The van der Waals surface area contributed by atoms with Crippen LogP contribution >= 0.6 is 0 Å². The van der Waals surface area contributed by atoms with E-state index in [1.165, 1.54) is 5.56 Å². The molecule has 0 atom stereocenters. The number of benzene rings is 1. The quantitative estimate of drug-likeness (QED) is 0.797. The number of allylic oxidation sites excluding steroid dienone is 1. The molecule has 2 aliphatic carbocycles. The molecule has 2 nitrogen and oxygen atoms in total. The summed E-state index contributed by atoms with van der Waals surface area (Å²) >= 11 is 0. The molecule has 2 aliphatic rings. The van der Waals surface area contributed by atoms with Gasteiger partial charge in [0.2, 0.25) is 5.91 Å². The lowest BCUT2D eigenvalue weighted by atomic mass is 10.0. The van der Waals surface area contributed by atoms with Gasteiger partial charge < -0.3 is 5.32 Å².